The van der Waals surface area contributed by atoms with Gasteiger partial charge in [-0.3, -0.25) is 4.79 Å². The van der Waals surface area contributed by atoms with Crippen LogP contribution in [0.5, 0.6) is 0 Å². The number of rotatable bonds is 6. The third kappa shape index (κ3) is 4.37. The lowest BCUT2D eigenvalue weighted by Gasteiger charge is -2.15. The minimum Gasteiger partial charge on any atom is -0.477 e. The van der Waals surface area contributed by atoms with Crippen LogP contribution in [0.15, 0.2) is 32.9 Å². The molecule has 2 heterocycles. The number of thioether (sulfide) groups is 1. The summed E-state index contributed by atoms with van der Waals surface area (Å²) in [6, 6.07) is 5.30. The molecule has 5 nitrogen and oxygen atoms in total. The highest BCUT2D eigenvalue weighted by Crippen LogP contribution is 2.25. The maximum atomic E-state index is 12.0. The van der Waals surface area contributed by atoms with Crippen molar-refractivity contribution in [2.75, 3.05) is 12.8 Å². The first-order chi connectivity index (χ1) is 9.95. The highest BCUT2D eigenvalue weighted by Gasteiger charge is 2.13. The minimum absolute atomic E-state index is 0.0304. The molecule has 112 valence electrons. The quantitative estimate of drug-likeness (QED) is 0.826. The van der Waals surface area contributed by atoms with E-state index in [1.165, 1.54) is 11.8 Å². The topological polar surface area (TPSA) is 70.8 Å². The fourth-order valence-electron chi connectivity index (χ4n) is 1.65. The number of carboxylic acid groups (broad SMARTS) is 1. The molecule has 0 saturated heterocycles. The Kier molecular flexibility index (Phi) is 5.08. The molecule has 0 bridgehead atoms. The zero-order valence-corrected chi connectivity index (χ0v) is 13.3. The van der Waals surface area contributed by atoms with Gasteiger partial charge in [0.25, 0.3) is 0 Å². The molecule has 21 heavy (non-hydrogen) atoms. The average Bonchev–Trinajstić information content (AvgIpc) is 3.05. The lowest BCUT2D eigenvalue weighted by molar-refractivity contribution is -0.127. The van der Waals surface area contributed by atoms with Crippen molar-refractivity contribution >= 4 is 35.0 Å². The van der Waals surface area contributed by atoms with Crippen molar-refractivity contribution in [3.05, 3.63) is 40.0 Å². The summed E-state index contributed by atoms with van der Waals surface area (Å²) < 4.78 is 5.43. The van der Waals surface area contributed by atoms with E-state index in [0.717, 1.165) is 27.8 Å². The molecule has 0 saturated carbocycles. The molecule has 2 aromatic rings. The van der Waals surface area contributed by atoms with E-state index >= 15 is 0 Å². The van der Waals surface area contributed by atoms with Crippen LogP contribution in [0.25, 0.3) is 0 Å². The van der Waals surface area contributed by atoms with Crippen LogP contribution >= 0.6 is 23.1 Å². The van der Waals surface area contributed by atoms with E-state index < -0.39 is 5.97 Å². The first kappa shape index (κ1) is 15.7. The molecule has 1 amide bonds. The van der Waals surface area contributed by atoms with Gasteiger partial charge in [0.15, 0.2) is 0 Å². The van der Waals surface area contributed by atoms with Gasteiger partial charge in [-0.1, -0.05) is 0 Å². The Bertz CT molecular complexity index is 647. The zero-order chi connectivity index (χ0) is 15.4. The van der Waals surface area contributed by atoms with Gasteiger partial charge < -0.3 is 14.4 Å². The summed E-state index contributed by atoms with van der Waals surface area (Å²) in [5, 5.41) is 10.6. The van der Waals surface area contributed by atoms with Crippen LogP contribution in [0, 0.1) is 6.92 Å². The van der Waals surface area contributed by atoms with Gasteiger partial charge in [-0.25, -0.2) is 4.79 Å². The molecule has 0 unspecified atom stereocenters. The fourth-order valence-corrected chi connectivity index (χ4v) is 3.46. The largest absolute Gasteiger partial charge is 0.477 e. The number of carbonyl (C=O) groups is 2. The molecule has 0 aliphatic heterocycles. The maximum absolute atomic E-state index is 12.0. The van der Waals surface area contributed by atoms with E-state index in [9.17, 15) is 9.59 Å². The minimum atomic E-state index is -0.941. The van der Waals surface area contributed by atoms with Crippen molar-refractivity contribution in [2.45, 2.75) is 18.4 Å². The monoisotopic (exact) mass is 325 g/mol. The van der Waals surface area contributed by atoms with Gasteiger partial charge in [-0.15, -0.1) is 23.1 Å². The van der Waals surface area contributed by atoms with Gasteiger partial charge >= 0.3 is 5.97 Å². The summed E-state index contributed by atoms with van der Waals surface area (Å²) in [6.07, 6.45) is 0. The number of aryl methyl sites for hydroxylation is 1. The molecule has 0 fully saturated rings. The summed E-state index contributed by atoms with van der Waals surface area (Å²) in [5.74, 6) is 0.865. The van der Waals surface area contributed by atoms with E-state index in [4.69, 9.17) is 9.52 Å². The highest BCUT2D eigenvalue weighted by atomic mass is 32.2. The lowest BCUT2D eigenvalue weighted by atomic mass is 10.4. The number of aromatic carboxylic acids is 1. The Morgan fingerprint density at radius 2 is 2.19 bits per heavy atom. The molecule has 0 atom stereocenters. The molecule has 2 rings (SSSR count). The number of furan rings is 1. The van der Waals surface area contributed by atoms with Crippen molar-refractivity contribution in [3.8, 4) is 0 Å². The predicted molar refractivity (Wildman–Crippen MR) is 81.9 cm³/mol. The summed E-state index contributed by atoms with van der Waals surface area (Å²) in [6.45, 7) is 2.29. The molecular weight excluding hydrogens is 310 g/mol. The highest BCUT2D eigenvalue weighted by molar-refractivity contribution is 8.00. The maximum Gasteiger partial charge on any atom is 0.345 e. The molecule has 2 aromatic heterocycles. The second kappa shape index (κ2) is 6.82. The SMILES string of the molecule is Cc1ccc(CN(C)C(=O)CSc2csc(C(=O)O)c2)o1. The molecule has 0 radical (unpaired) electrons. The van der Waals surface area contributed by atoms with Gasteiger partial charge in [0, 0.05) is 17.3 Å². The number of hydrogen-bond acceptors (Lipinski definition) is 5. The van der Waals surface area contributed by atoms with Crippen molar-refractivity contribution < 1.29 is 19.1 Å². The summed E-state index contributed by atoms with van der Waals surface area (Å²) in [7, 11) is 1.72. The summed E-state index contributed by atoms with van der Waals surface area (Å²) >= 11 is 2.50. The second-order valence-corrected chi connectivity index (χ2v) is 6.46. The van der Waals surface area contributed by atoms with Gasteiger partial charge in [0.05, 0.1) is 12.3 Å². The molecule has 0 aromatic carbocycles. The summed E-state index contributed by atoms with van der Waals surface area (Å²) in [5.41, 5.74) is 0. The lowest BCUT2D eigenvalue weighted by Crippen LogP contribution is -2.27. The number of amides is 1. The number of carboxylic acids is 1. The molecular formula is C14H15NO4S2. The van der Waals surface area contributed by atoms with E-state index in [0.29, 0.717) is 6.54 Å². The first-order valence-corrected chi connectivity index (χ1v) is 8.06. The standard InChI is InChI=1S/C14H15NO4S2/c1-9-3-4-10(19-9)6-15(2)13(16)8-20-11-5-12(14(17)18)21-7-11/h3-5,7H,6,8H2,1-2H3,(H,17,18). The average molecular weight is 325 g/mol. The third-order valence-electron chi connectivity index (χ3n) is 2.76. The van der Waals surface area contributed by atoms with Crippen molar-refractivity contribution in [3.63, 3.8) is 0 Å². The van der Waals surface area contributed by atoms with Crippen molar-refractivity contribution in [1.29, 1.82) is 0 Å². The van der Waals surface area contributed by atoms with Gasteiger partial charge in [-0.05, 0) is 25.1 Å². The molecule has 7 heteroatoms. The molecule has 1 N–H and O–H groups in total. The van der Waals surface area contributed by atoms with Crippen LogP contribution < -0.4 is 0 Å². The smallest absolute Gasteiger partial charge is 0.345 e. The first-order valence-electron chi connectivity index (χ1n) is 6.19. The Hall–Kier alpha value is -1.73. The van der Waals surface area contributed by atoms with Crippen LogP contribution in [0.3, 0.4) is 0 Å². The Labute approximate surface area is 130 Å². The van der Waals surface area contributed by atoms with E-state index in [1.54, 1.807) is 23.4 Å². The van der Waals surface area contributed by atoms with Gasteiger partial charge in [0.2, 0.25) is 5.91 Å². The molecule has 0 aliphatic rings. The van der Waals surface area contributed by atoms with E-state index in [-0.39, 0.29) is 16.5 Å². The van der Waals surface area contributed by atoms with E-state index in [2.05, 4.69) is 0 Å². The number of hydrogen-bond donors (Lipinski definition) is 1. The van der Waals surface area contributed by atoms with Crippen LogP contribution in [-0.4, -0.2) is 34.7 Å². The fraction of sp³-hybridized carbons (Fsp3) is 0.286. The zero-order valence-electron chi connectivity index (χ0n) is 11.7. The number of carbonyl (C=O) groups excluding carboxylic acids is 1. The van der Waals surface area contributed by atoms with Crippen LogP contribution in [0.4, 0.5) is 0 Å². The van der Waals surface area contributed by atoms with Crippen LogP contribution in [0.1, 0.15) is 21.2 Å². The van der Waals surface area contributed by atoms with Crippen molar-refractivity contribution in [2.24, 2.45) is 0 Å². The number of thiophene rings is 1. The van der Waals surface area contributed by atoms with Crippen LogP contribution in [0.2, 0.25) is 0 Å². The van der Waals surface area contributed by atoms with Gasteiger partial charge in [-0.2, -0.15) is 0 Å². The number of nitrogens with zero attached hydrogens (tertiary/aromatic N) is 1. The second-order valence-electron chi connectivity index (χ2n) is 4.50. The van der Waals surface area contributed by atoms with E-state index in [1.807, 2.05) is 19.1 Å². The third-order valence-corrected chi connectivity index (χ3v) is 4.79. The Morgan fingerprint density at radius 1 is 1.43 bits per heavy atom. The Morgan fingerprint density at radius 3 is 2.76 bits per heavy atom. The van der Waals surface area contributed by atoms with Gasteiger partial charge in [0.1, 0.15) is 16.4 Å². The molecule has 0 spiro atoms. The normalized spacial score (nSPS) is 10.6. The predicted octanol–water partition coefficient (Wildman–Crippen LogP) is 3.10. The summed E-state index contributed by atoms with van der Waals surface area (Å²) in [4.78, 5) is 25.5. The molecule has 0 aliphatic carbocycles. The van der Waals surface area contributed by atoms with Crippen LogP contribution in [-0.2, 0) is 11.3 Å². The van der Waals surface area contributed by atoms with Crippen molar-refractivity contribution in [1.82, 2.24) is 4.90 Å². The Balaban J connectivity index is 1.84.